The highest BCUT2D eigenvalue weighted by Crippen LogP contribution is 2.30. The van der Waals surface area contributed by atoms with E-state index in [1.165, 1.54) is 18.2 Å². The van der Waals surface area contributed by atoms with Gasteiger partial charge in [0.05, 0.1) is 12.6 Å². The van der Waals surface area contributed by atoms with Crippen LogP contribution in [0, 0.1) is 5.82 Å². The molecule has 0 aromatic heterocycles. The van der Waals surface area contributed by atoms with Crippen LogP contribution in [0.25, 0.3) is 0 Å². The van der Waals surface area contributed by atoms with Gasteiger partial charge in [0.25, 0.3) is 0 Å². The fourth-order valence-corrected chi connectivity index (χ4v) is 2.20. The number of phenolic OH excluding ortho intramolecular Hbond substituents is 1. The van der Waals surface area contributed by atoms with Crippen LogP contribution < -0.4 is 5.32 Å². The maximum absolute atomic E-state index is 13.9. The zero-order valence-corrected chi connectivity index (χ0v) is 15.8. The third-order valence-corrected chi connectivity index (χ3v) is 3.26. The molecule has 0 aliphatic carbocycles. The number of benzene rings is 1. The summed E-state index contributed by atoms with van der Waals surface area (Å²) in [5.41, 5.74) is -0.162. The lowest BCUT2D eigenvalue weighted by Gasteiger charge is -2.23. The molecule has 7 heteroatoms. The van der Waals surface area contributed by atoms with Crippen molar-refractivity contribution in [3.05, 3.63) is 41.2 Å². The van der Waals surface area contributed by atoms with E-state index in [0.717, 1.165) is 6.07 Å². The summed E-state index contributed by atoms with van der Waals surface area (Å²) in [5.74, 6) is -1.22. The van der Waals surface area contributed by atoms with E-state index in [1.54, 1.807) is 34.6 Å². The molecule has 0 bridgehead atoms. The molecule has 0 radical (unpaired) electrons. The van der Waals surface area contributed by atoms with Gasteiger partial charge in [0.15, 0.2) is 0 Å². The zero-order chi connectivity index (χ0) is 19.9. The number of hydrogen-bond donors (Lipinski definition) is 2. The van der Waals surface area contributed by atoms with Crippen LogP contribution in [0.5, 0.6) is 5.75 Å². The molecule has 1 amide bonds. The first-order valence-corrected chi connectivity index (χ1v) is 8.37. The molecule has 144 valence electrons. The first kappa shape index (κ1) is 21.5. The van der Waals surface area contributed by atoms with E-state index in [2.05, 4.69) is 5.32 Å². The van der Waals surface area contributed by atoms with Gasteiger partial charge in [0.2, 0.25) is 0 Å². The van der Waals surface area contributed by atoms with Crippen LogP contribution in [-0.4, -0.2) is 29.4 Å². The standard InChI is InChI=1S/C19H26FNO5/c1-6-25-16(22)9-7-8-13-10-14(20)11-15(17(13)23)12(2)21-18(24)26-19(3,4)5/h7,9-12,23H,6,8H2,1-5H3,(H,21,24)/b9-7+. The second kappa shape index (κ2) is 9.22. The summed E-state index contributed by atoms with van der Waals surface area (Å²) < 4.78 is 23.8. The maximum atomic E-state index is 13.9. The summed E-state index contributed by atoms with van der Waals surface area (Å²) in [6, 6.07) is 1.65. The minimum Gasteiger partial charge on any atom is -0.507 e. The molecule has 0 aliphatic rings. The number of phenols is 1. The molecule has 6 nitrogen and oxygen atoms in total. The SMILES string of the molecule is CCOC(=O)/C=C/Cc1cc(F)cc(C(C)NC(=O)OC(C)(C)C)c1O. The first-order valence-electron chi connectivity index (χ1n) is 8.37. The Morgan fingerprint density at radius 3 is 2.58 bits per heavy atom. The third-order valence-electron chi connectivity index (χ3n) is 3.26. The van der Waals surface area contributed by atoms with Crippen LogP contribution in [0.1, 0.15) is 51.8 Å². The summed E-state index contributed by atoms with van der Waals surface area (Å²) in [6.45, 7) is 8.74. The molecule has 0 saturated carbocycles. The molecule has 1 unspecified atom stereocenters. The molecule has 0 saturated heterocycles. The first-order chi connectivity index (χ1) is 12.0. The van der Waals surface area contributed by atoms with Crippen molar-refractivity contribution in [3.8, 4) is 5.75 Å². The van der Waals surface area contributed by atoms with Crippen LogP contribution in [0.4, 0.5) is 9.18 Å². The number of amides is 1. The molecule has 1 aromatic carbocycles. The van der Waals surface area contributed by atoms with Gasteiger partial charge >= 0.3 is 12.1 Å². The number of nitrogens with one attached hydrogen (secondary N) is 1. The molecule has 1 rings (SSSR count). The maximum Gasteiger partial charge on any atom is 0.408 e. The fourth-order valence-electron chi connectivity index (χ4n) is 2.20. The van der Waals surface area contributed by atoms with E-state index in [4.69, 9.17) is 9.47 Å². The second-order valence-electron chi connectivity index (χ2n) is 6.73. The largest absolute Gasteiger partial charge is 0.507 e. The number of ether oxygens (including phenoxy) is 2. The summed E-state index contributed by atoms with van der Waals surface area (Å²) in [4.78, 5) is 23.1. The Hall–Kier alpha value is -2.57. The van der Waals surface area contributed by atoms with Crippen LogP contribution in [0.2, 0.25) is 0 Å². The highest BCUT2D eigenvalue weighted by atomic mass is 19.1. The van der Waals surface area contributed by atoms with Crippen molar-refractivity contribution in [2.24, 2.45) is 0 Å². The van der Waals surface area contributed by atoms with Crippen molar-refractivity contribution in [1.82, 2.24) is 5.32 Å². The van der Waals surface area contributed by atoms with E-state index >= 15 is 0 Å². The van der Waals surface area contributed by atoms with Crippen molar-refractivity contribution in [2.45, 2.75) is 52.7 Å². The molecule has 0 fully saturated rings. The predicted molar refractivity (Wildman–Crippen MR) is 95.3 cm³/mol. The quantitative estimate of drug-likeness (QED) is 0.590. The number of esters is 1. The third kappa shape index (κ3) is 7.13. The monoisotopic (exact) mass is 367 g/mol. The van der Waals surface area contributed by atoms with E-state index in [1.807, 2.05) is 0 Å². The number of rotatable bonds is 6. The smallest absolute Gasteiger partial charge is 0.408 e. The normalized spacial score (nSPS) is 12.7. The molecule has 1 aromatic rings. The Balaban J connectivity index is 2.91. The molecule has 26 heavy (non-hydrogen) atoms. The highest BCUT2D eigenvalue weighted by molar-refractivity contribution is 5.81. The van der Waals surface area contributed by atoms with Gasteiger partial charge in [-0.3, -0.25) is 0 Å². The van der Waals surface area contributed by atoms with Crippen LogP contribution >= 0.6 is 0 Å². The lowest BCUT2D eigenvalue weighted by atomic mass is 10.0. The predicted octanol–water partition coefficient (Wildman–Crippen LogP) is 3.78. The summed E-state index contributed by atoms with van der Waals surface area (Å²) in [6.07, 6.45) is 2.16. The molecule has 2 N–H and O–H groups in total. The van der Waals surface area contributed by atoms with E-state index in [9.17, 15) is 19.1 Å². The van der Waals surface area contributed by atoms with Crippen molar-refractivity contribution in [1.29, 1.82) is 0 Å². The molecular formula is C19H26FNO5. The Kier molecular flexibility index (Phi) is 7.61. The number of alkyl carbamates (subject to hydrolysis) is 1. The highest BCUT2D eigenvalue weighted by Gasteiger charge is 2.21. The number of carbonyl (C=O) groups is 2. The number of aromatic hydroxyl groups is 1. The van der Waals surface area contributed by atoms with E-state index in [0.29, 0.717) is 5.56 Å². The zero-order valence-electron chi connectivity index (χ0n) is 15.8. The molecular weight excluding hydrogens is 341 g/mol. The Morgan fingerprint density at radius 2 is 2.00 bits per heavy atom. The van der Waals surface area contributed by atoms with Gasteiger partial charge in [-0.1, -0.05) is 6.08 Å². The van der Waals surface area contributed by atoms with Gasteiger partial charge in [-0.25, -0.2) is 14.0 Å². The van der Waals surface area contributed by atoms with Crippen LogP contribution in [0.3, 0.4) is 0 Å². The van der Waals surface area contributed by atoms with Gasteiger partial charge < -0.3 is 19.9 Å². The average Bonchev–Trinajstić information content (AvgIpc) is 2.48. The lowest BCUT2D eigenvalue weighted by Crippen LogP contribution is -2.34. The molecule has 1 atom stereocenters. The minimum absolute atomic E-state index is 0.133. The second-order valence-corrected chi connectivity index (χ2v) is 6.73. The Bertz CT molecular complexity index is 679. The van der Waals surface area contributed by atoms with Gasteiger partial charge in [0, 0.05) is 17.2 Å². The van der Waals surface area contributed by atoms with Gasteiger partial charge in [-0.2, -0.15) is 0 Å². The molecule has 0 aliphatic heterocycles. The van der Waals surface area contributed by atoms with E-state index in [-0.39, 0.29) is 24.3 Å². The Labute approximate surface area is 153 Å². The molecule has 0 heterocycles. The molecule has 0 spiro atoms. The van der Waals surface area contributed by atoms with Crippen molar-refractivity contribution >= 4 is 12.1 Å². The van der Waals surface area contributed by atoms with Gasteiger partial charge in [-0.15, -0.1) is 0 Å². The van der Waals surface area contributed by atoms with Crippen molar-refractivity contribution in [3.63, 3.8) is 0 Å². The number of halogens is 1. The average molecular weight is 367 g/mol. The topological polar surface area (TPSA) is 84.9 Å². The number of carbonyl (C=O) groups excluding carboxylic acids is 2. The fraction of sp³-hybridized carbons (Fsp3) is 0.474. The lowest BCUT2D eigenvalue weighted by molar-refractivity contribution is -0.137. The van der Waals surface area contributed by atoms with Crippen molar-refractivity contribution in [2.75, 3.05) is 6.61 Å². The number of allylic oxidation sites excluding steroid dienone is 1. The minimum atomic E-state index is -0.673. The van der Waals surface area contributed by atoms with Gasteiger partial charge in [-0.05, 0) is 53.2 Å². The summed E-state index contributed by atoms with van der Waals surface area (Å²) in [7, 11) is 0. The van der Waals surface area contributed by atoms with Crippen molar-refractivity contribution < 1.29 is 28.6 Å². The number of hydrogen-bond acceptors (Lipinski definition) is 5. The van der Waals surface area contributed by atoms with Gasteiger partial charge in [0.1, 0.15) is 17.2 Å². The van der Waals surface area contributed by atoms with Crippen LogP contribution in [-0.2, 0) is 20.7 Å². The Morgan fingerprint density at radius 1 is 1.35 bits per heavy atom. The summed E-state index contributed by atoms with van der Waals surface area (Å²) in [5, 5.41) is 12.9. The van der Waals surface area contributed by atoms with E-state index < -0.39 is 29.5 Å². The summed E-state index contributed by atoms with van der Waals surface area (Å²) >= 11 is 0. The van der Waals surface area contributed by atoms with Crippen LogP contribution in [0.15, 0.2) is 24.3 Å².